The van der Waals surface area contributed by atoms with Crippen LogP contribution in [-0.4, -0.2) is 55.0 Å². The third kappa shape index (κ3) is 9.61. The number of rotatable bonds is 14. The Morgan fingerprint density at radius 1 is 0.675 bits per heavy atom. The second kappa shape index (κ2) is 15.6. The summed E-state index contributed by atoms with van der Waals surface area (Å²) in [7, 11) is 0. The molecule has 0 aliphatic carbocycles. The van der Waals surface area contributed by atoms with E-state index >= 15 is 0 Å². The molecular weight excluding hydrogens is 541 g/mol. The predicted octanol–water partition coefficient (Wildman–Crippen LogP) is 6.80. The molecule has 216 valence electrons. The first-order chi connectivity index (χ1) is 19.4. The topological polar surface area (TPSA) is 46.2 Å². The summed E-state index contributed by atoms with van der Waals surface area (Å²) in [5.74, 6) is 0.715. The fraction of sp³-hybridized carbons (Fsp3) is 0.419. The van der Waals surface area contributed by atoms with Gasteiger partial charge in [0.15, 0.2) is 0 Å². The van der Waals surface area contributed by atoms with E-state index in [4.69, 9.17) is 23.7 Å². The average Bonchev–Trinajstić information content (AvgIpc) is 2.96. The van der Waals surface area contributed by atoms with Gasteiger partial charge in [0.2, 0.25) is 0 Å². The molecule has 3 aromatic carbocycles. The zero-order valence-corrected chi connectivity index (χ0v) is 23.2. The van der Waals surface area contributed by atoms with Crippen LogP contribution in [-0.2, 0) is 43.5 Å². The molecule has 0 spiro atoms. The largest absolute Gasteiger partial charge is 0.411 e. The summed E-state index contributed by atoms with van der Waals surface area (Å²) in [5.41, 5.74) is 2.28. The Labute approximate surface area is 237 Å². The first kappa shape index (κ1) is 30.6. The smallest absolute Gasteiger partial charge is 0.374 e. The molecule has 1 fully saturated rings. The number of benzene rings is 3. The lowest BCUT2D eigenvalue weighted by Crippen LogP contribution is -2.60. The van der Waals surface area contributed by atoms with Crippen molar-refractivity contribution in [1.82, 2.24) is 0 Å². The molecular formula is C31H35F3O5S. The summed E-state index contributed by atoms with van der Waals surface area (Å²) in [4.78, 5) is 0. The molecule has 1 heterocycles. The van der Waals surface area contributed by atoms with Crippen LogP contribution < -0.4 is 0 Å². The molecule has 1 aliphatic heterocycles. The van der Waals surface area contributed by atoms with Gasteiger partial charge in [-0.1, -0.05) is 97.9 Å². The minimum absolute atomic E-state index is 0.0365. The summed E-state index contributed by atoms with van der Waals surface area (Å²) in [6.45, 7) is 1.33. The van der Waals surface area contributed by atoms with E-state index in [1.54, 1.807) is 0 Å². The monoisotopic (exact) mass is 576 g/mol. The van der Waals surface area contributed by atoms with Crippen molar-refractivity contribution in [3.8, 4) is 0 Å². The predicted molar refractivity (Wildman–Crippen MR) is 149 cm³/mol. The summed E-state index contributed by atoms with van der Waals surface area (Å²) in [5, 5.41) is 0. The molecule has 1 saturated heterocycles. The molecule has 9 heteroatoms. The van der Waals surface area contributed by atoms with Crippen LogP contribution in [0, 0.1) is 0 Å². The maximum absolute atomic E-state index is 13.4. The van der Waals surface area contributed by atoms with Gasteiger partial charge in [0.25, 0.3) is 0 Å². The van der Waals surface area contributed by atoms with Crippen molar-refractivity contribution in [3.63, 3.8) is 0 Å². The van der Waals surface area contributed by atoms with E-state index in [0.717, 1.165) is 16.7 Å². The minimum atomic E-state index is -4.52. The molecule has 40 heavy (non-hydrogen) atoms. The zero-order valence-electron chi connectivity index (χ0n) is 22.4. The Kier molecular flexibility index (Phi) is 11.9. The number of halogens is 3. The summed E-state index contributed by atoms with van der Waals surface area (Å²) in [6.07, 6.45) is -7.91. The van der Waals surface area contributed by atoms with Crippen LogP contribution in [0.4, 0.5) is 13.2 Å². The Morgan fingerprint density at radius 2 is 1.18 bits per heavy atom. The van der Waals surface area contributed by atoms with E-state index in [1.165, 1.54) is 11.8 Å². The Hall–Kier alpha value is -2.40. The fourth-order valence-electron chi connectivity index (χ4n) is 4.47. The quantitative estimate of drug-likeness (QED) is 0.210. The molecule has 0 unspecified atom stereocenters. The fourth-order valence-corrected chi connectivity index (χ4v) is 5.44. The molecule has 5 atom stereocenters. The third-order valence-corrected chi connectivity index (χ3v) is 7.37. The van der Waals surface area contributed by atoms with Gasteiger partial charge in [0.1, 0.15) is 36.5 Å². The molecule has 3 aromatic rings. The van der Waals surface area contributed by atoms with Crippen molar-refractivity contribution in [3.05, 3.63) is 108 Å². The standard InChI is InChI=1S/C31H35F3O5S/c1-2-40-30-29(37-20-25-16-10-5-11-17-25)28(36-19-24-14-8-4-9-15-24)27(38-22-31(32,33)34)26(39-30)21-35-18-23-12-6-3-7-13-23/h3-17,26-30H,2,18-22H2,1H3/t26-,27+,28+,29-,30+/m1/s1. The summed E-state index contributed by atoms with van der Waals surface area (Å²) < 4.78 is 70.7. The molecule has 0 radical (unpaired) electrons. The molecule has 1 aliphatic rings. The highest BCUT2D eigenvalue weighted by molar-refractivity contribution is 7.99. The van der Waals surface area contributed by atoms with Gasteiger partial charge in [-0.05, 0) is 22.4 Å². The van der Waals surface area contributed by atoms with E-state index in [-0.39, 0.29) is 19.8 Å². The second-order valence-corrected chi connectivity index (χ2v) is 10.8. The lowest BCUT2D eigenvalue weighted by Gasteiger charge is -2.46. The van der Waals surface area contributed by atoms with Crippen LogP contribution >= 0.6 is 11.8 Å². The maximum Gasteiger partial charge on any atom is 0.411 e. The van der Waals surface area contributed by atoms with Crippen molar-refractivity contribution >= 4 is 11.8 Å². The van der Waals surface area contributed by atoms with Crippen molar-refractivity contribution in [2.24, 2.45) is 0 Å². The van der Waals surface area contributed by atoms with Crippen LogP contribution in [0.5, 0.6) is 0 Å². The Morgan fingerprint density at radius 3 is 1.68 bits per heavy atom. The molecule has 4 rings (SSSR count). The number of ether oxygens (including phenoxy) is 5. The van der Waals surface area contributed by atoms with Crippen LogP contribution in [0.25, 0.3) is 0 Å². The van der Waals surface area contributed by atoms with Crippen LogP contribution in [0.1, 0.15) is 23.6 Å². The van der Waals surface area contributed by atoms with Crippen molar-refractivity contribution < 1.29 is 36.9 Å². The highest BCUT2D eigenvalue weighted by Gasteiger charge is 2.49. The first-order valence-corrected chi connectivity index (χ1v) is 14.4. The summed E-state index contributed by atoms with van der Waals surface area (Å²) >= 11 is 1.52. The molecule has 5 nitrogen and oxygen atoms in total. The number of hydrogen-bond donors (Lipinski definition) is 0. The second-order valence-electron chi connectivity index (χ2n) is 9.41. The van der Waals surface area contributed by atoms with Gasteiger partial charge in [0, 0.05) is 0 Å². The van der Waals surface area contributed by atoms with Crippen LogP contribution in [0.2, 0.25) is 0 Å². The Balaban J connectivity index is 1.58. The average molecular weight is 577 g/mol. The lowest BCUT2D eigenvalue weighted by atomic mass is 9.99. The summed E-state index contributed by atoms with van der Waals surface area (Å²) in [6, 6.07) is 28.7. The third-order valence-electron chi connectivity index (χ3n) is 6.33. The SMILES string of the molecule is CCS[C@@H]1O[C@H](COCc2ccccc2)[C@H](OCC(F)(F)F)[C@H](OCc2ccccc2)[C@H]1OCc1ccccc1. The van der Waals surface area contributed by atoms with E-state index in [2.05, 4.69) is 0 Å². The molecule has 0 amide bonds. The highest BCUT2D eigenvalue weighted by atomic mass is 32.2. The highest BCUT2D eigenvalue weighted by Crippen LogP contribution is 2.35. The normalized spacial score (nSPS) is 23.2. The van der Waals surface area contributed by atoms with Gasteiger partial charge in [-0.25, -0.2) is 0 Å². The van der Waals surface area contributed by atoms with Gasteiger partial charge in [-0.2, -0.15) is 13.2 Å². The first-order valence-electron chi connectivity index (χ1n) is 13.3. The van der Waals surface area contributed by atoms with Crippen molar-refractivity contribution in [2.75, 3.05) is 19.0 Å². The van der Waals surface area contributed by atoms with Crippen LogP contribution in [0.3, 0.4) is 0 Å². The maximum atomic E-state index is 13.4. The van der Waals surface area contributed by atoms with Gasteiger partial charge in [0.05, 0.1) is 26.4 Å². The molecule has 0 N–H and O–H groups in total. The molecule has 0 aromatic heterocycles. The molecule has 0 saturated carbocycles. The minimum Gasteiger partial charge on any atom is -0.374 e. The zero-order chi connectivity index (χ0) is 28.2. The van der Waals surface area contributed by atoms with E-state index in [9.17, 15) is 13.2 Å². The Bertz CT molecular complexity index is 1100. The van der Waals surface area contributed by atoms with Gasteiger partial charge in [-0.3, -0.25) is 0 Å². The van der Waals surface area contributed by atoms with Gasteiger partial charge >= 0.3 is 6.18 Å². The van der Waals surface area contributed by atoms with Gasteiger partial charge < -0.3 is 23.7 Å². The molecule has 0 bridgehead atoms. The number of alkyl halides is 3. The van der Waals surface area contributed by atoms with Gasteiger partial charge in [-0.15, -0.1) is 11.8 Å². The van der Waals surface area contributed by atoms with Crippen molar-refractivity contribution in [1.29, 1.82) is 0 Å². The van der Waals surface area contributed by atoms with Crippen molar-refractivity contribution in [2.45, 2.75) is 62.8 Å². The van der Waals surface area contributed by atoms with E-state index < -0.39 is 42.6 Å². The number of thioether (sulfide) groups is 1. The number of hydrogen-bond acceptors (Lipinski definition) is 6. The lowest BCUT2D eigenvalue weighted by molar-refractivity contribution is -0.273. The van der Waals surface area contributed by atoms with E-state index in [1.807, 2.05) is 97.9 Å². The van der Waals surface area contributed by atoms with Crippen LogP contribution in [0.15, 0.2) is 91.0 Å². The van der Waals surface area contributed by atoms with E-state index in [0.29, 0.717) is 12.4 Å².